The average Bonchev–Trinajstić information content (AvgIpc) is 2.84. The van der Waals surface area contributed by atoms with Crippen LogP contribution in [0.4, 0.5) is 14.5 Å². The minimum Gasteiger partial charge on any atom is -0.367 e. The Kier molecular flexibility index (Phi) is 5.35. The molecule has 1 aromatic carbocycles. The summed E-state index contributed by atoms with van der Waals surface area (Å²) in [5, 5.41) is 3.08. The normalized spacial score (nSPS) is 18.8. The molecule has 0 spiro atoms. The van der Waals surface area contributed by atoms with Gasteiger partial charge >= 0.3 is 0 Å². The molecule has 0 saturated carbocycles. The van der Waals surface area contributed by atoms with Gasteiger partial charge in [-0.25, -0.2) is 8.78 Å². The predicted molar refractivity (Wildman–Crippen MR) is 79.0 cm³/mol. The van der Waals surface area contributed by atoms with Crippen molar-refractivity contribution in [2.75, 3.05) is 24.5 Å². The Morgan fingerprint density at radius 1 is 1.25 bits per heavy atom. The van der Waals surface area contributed by atoms with Gasteiger partial charge in [-0.3, -0.25) is 0 Å². The smallest absolute Gasteiger partial charge is 0.149 e. The van der Waals surface area contributed by atoms with Crippen LogP contribution in [-0.4, -0.2) is 19.6 Å². The molecule has 1 N–H and O–H groups in total. The van der Waals surface area contributed by atoms with Crippen molar-refractivity contribution in [2.45, 2.75) is 39.7 Å². The summed E-state index contributed by atoms with van der Waals surface area (Å²) in [5.41, 5.74) is 0.818. The second-order valence-corrected chi connectivity index (χ2v) is 5.58. The molecular weight excluding hydrogens is 258 g/mol. The maximum Gasteiger partial charge on any atom is 0.149 e. The zero-order valence-corrected chi connectivity index (χ0v) is 12.4. The van der Waals surface area contributed by atoms with E-state index in [1.807, 2.05) is 11.8 Å². The van der Waals surface area contributed by atoms with Crippen LogP contribution in [0.1, 0.15) is 38.7 Å². The van der Waals surface area contributed by atoms with Crippen LogP contribution >= 0.6 is 0 Å². The second-order valence-electron chi connectivity index (χ2n) is 5.58. The van der Waals surface area contributed by atoms with Crippen molar-refractivity contribution in [3.8, 4) is 0 Å². The van der Waals surface area contributed by atoms with Crippen molar-refractivity contribution < 1.29 is 8.78 Å². The van der Waals surface area contributed by atoms with Gasteiger partial charge < -0.3 is 10.2 Å². The maximum atomic E-state index is 14.2. The standard InChI is InChI=1S/C16H24F2N2/c1-3-5-12-6-7-20(11-12)16-14(17)8-13(9-15(16)18)10-19-4-2/h8-9,12,19H,3-7,10-11H2,1-2H3. The summed E-state index contributed by atoms with van der Waals surface area (Å²) in [5.74, 6) is -0.301. The molecule has 20 heavy (non-hydrogen) atoms. The SMILES string of the molecule is CCCC1CCN(c2c(F)cc(CNCC)cc2F)C1. The third kappa shape index (κ3) is 3.48. The highest BCUT2D eigenvalue weighted by Gasteiger charge is 2.26. The van der Waals surface area contributed by atoms with Crippen molar-refractivity contribution in [3.05, 3.63) is 29.3 Å². The van der Waals surface area contributed by atoms with E-state index in [0.717, 1.165) is 38.9 Å². The Hall–Kier alpha value is -1.16. The fraction of sp³-hybridized carbons (Fsp3) is 0.625. The first-order chi connectivity index (χ1) is 9.65. The number of hydrogen-bond donors (Lipinski definition) is 1. The van der Waals surface area contributed by atoms with Gasteiger partial charge in [0.2, 0.25) is 0 Å². The van der Waals surface area contributed by atoms with Gasteiger partial charge in [-0.15, -0.1) is 0 Å². The first-order valence-corrected chi connectivity index (χ1v) is 7.59. The summed E-state index contributed by atoms with van der Waals surface area (Å²) < 4.78 is 28.4. The van der Waals surface area contributed by atoms with E-state index in [1.54, 1.807) is 0 Å². The van der Waals surface area contributed by atoms with Crippen LogP contribution in [0, 0.1) is 17.6 Å². The van der Waals surface area contributed by atoms with Crippen molar-refractivity contribution >= 4 is 5.69 Å². The number of rotatable bonds is 6. The lowest BCUT2D eigenvalue weighted by molar-refractivity contribution is 0.526. The molecule has 1 aliphatic rings. The monoisotopic (exact) mass is 282 g/mol. The molecule has 1 saturated heterocycles. The topological polar surface area (TPSA) is 15.3 Å². The summed E-state index contributed by atoms with van der Waals surface area (Å²) >= 11 is 0. The summed E-state index contributed by atoms with van der Waals surface area (Å²) in [6.45, 7) is 6.94. The molecule has 1 unspecified atom stereocenters. The first kappa shape index (κ1) is 15.2. The molecule has 4 heteroatoms. The minimum absolute atomic E-state index is 0.156. The van der Waals surface area contributed by atoms with Crippen molar-refractivity contribution in [2.24, 2.45) is 5.92 Å². The molecule has 2 rings (SSSR count). The molecule has 1 atom stereocenters. The van der Waals surface area contributed by atoms with Crippen molar-refractivity contribution in [1.29, 1.82) is 0 Å². The van der Waals surface area contributed by atoms with Crippen LogP contribution in [0.3, 0.4) is 0 Å². The van der Waals surface area contributed by atoms with Crippen LogP contribution in [0.25, 0.3) is 0 Å². The van der Waals surface area contributed by atoms with Crippen LogP contribution in [0.2, 0.25) is 0 Å². The highest BCUT2D eigenvalue weighted by Crippen LogP contribution is 2.31. The molecule has 1 aliphatic heterocycles. The van der Waals surface area contributed by atoms with Gasteiger partial charge in [-0.05, 0) is 43.0 Å². The molecular formula is C16H24F2N2. The Morgan fingerprint density at radius 2 is 1.95 bits per heavy atom. The van der Waals surface area contributed by atoms with E-state index in [2.05, 4.69) is 12.2 Å². The molecule has 1 fully saturated rings. The molecule has 0 amide bonds. The molecule has 2 nitrogen and oxygen atoms in total. The Morgan fingerprint density at radius 3 is 2.55 bits per heavy atom. The van der Waals surface area contributed by atoms with E-state index in [-0.39, 0.29) is 5.69 Å². The van der Waals surface area contributed by atoms with E-state index < -0.39 is 11.6 Å². The quantitative estimate of drug-likeness (QED) is 0.856. The van der Waals surface area contributed by atoms with E-state index in [0.29, 0.717) is 18.0 Å². The lowest BCUT2D eigenvalue weighted by Crippen LogP contribution is -2.22. The highest BCUT2D eigenvalue weighted by molar-refractivity contribution is 5.51. The van der Waals surface area contributed by atoms with Gasteiger partial charge in [0.25, 0.3) is 0 Å². The molecule has 112 valence electrons. The van der Waals surface area contributed by atoms with Crippen LogP contribution in [0.15, 0.2) is 12.1 Å². The fourth-order valence-corrected chi connectivity index (χ4v) is 2.97. The zero-order chi connectivity index (χ0) is 14.5. The number of benzene rings is 1. The second kappa shape index (κ2) is 7.02. The maximum absolute atomic E-state index is 14.2. The van der Waals surface area contributed by atoms with E-state index in [4.69, 9.17) is 0 Å². The summed E-state index contributed by atoms with van der Waals surface area (Å²) in [7, 11) is 0. The third-order valence-electron chi connectivity index (χ3n) is 3.95. The number of nitrogens with zero attached hydrogens (tertiary/aromatic N) is 1. The Labute approximate surface area is 120 Å². The average molecular weight is 282 g/mol. The Balaban J connectivity index is 2.12. The molecule has 1 aromatic rings. The van der Waals surface area contributed by atoms with Gasteiger partial charge in [0.1, 0.15) is 17.3 Å². The predicted octanol–water partition coefficient (Wildman–Crippen LogP) is 3.70. The summed E-state index contributed by atoms with van der Waals surface area (Å²) in [6.07, 6.45) is 3.30. The number of hydrogen-bond acceptors (Lipinski definition) is 2. The summed E-state index contributed by atoms with van der Waals surface area (Å²) in [6, 6.07) is 2.91. The van der Waals surface area contributed by atoms with Gasteiger partial charge in [0.15, 0.2) is 0 Å². The summed E-state index contributed by atoms with van der Waals surface area (Å²) in [4.78, 5) is 1.86. The minimum atomic E-state index is -0.435. The van der Waals surface area contributed by atoms with E-state index in [9.17, 15) is 8.78 Å². The van der Waals surface area contributed by atoms with Gasteiger partial charge in [-0.2, -0.15) is 0 Å². The molecule has 0 aliphatic carbocycles. The first-order valence-electron chi connectivity index (χ1n) is 7.59. The molecule has 1 heterocycles. The molecule has 0 bridgehead atoms. The van der Waals surface area contributed by atoms with Crippen LogP contribution in [0.5, 0.6) is 0 Å². The van der Waals surface area contributed by atoms with Gasteiger partial charge in [-0.1, -0.05) is 20.3 Å². The number of anilines is 1. The Bertz CT molecular complexity index is 425. The fourth-order valence-electron chi connectivity index (χ4n) is 2.97. The largest absolute Gasteiger partial charge is 0.367 e. The van der Waals surface area contributed by atoms with Crippen molar-refractivity contribution in [1.82, 2.24) is 5.32 Å². The zero-order valence-electron chi connectivity index (χ0n) is 12.4. The molecule has 0 aromatic heterocycles. The van der Waals surface area contributed by atoms with Gasteiger partial charge in [0.05, 0.1) is 0 Å². The van der Waals surface area contributed by atoms with Gasteiger partial charge in [0, 0.05) is 19.6 Å². The van der Waals surface area contributed by atoms with Crippen molar-refractivity contribution in [3.63, 3.8) is 0 Å². The lowest BCUT2D eigenvalue weighted by Gasteiger charge is -2.21. The van der Waals surface area contributed by atoms with Crippen LogP contribution < -0.4 is 10.2 Å². The number of nitrogens with one attached hydrogen (secondary N) is 1. The lowest BCUT2D eigenvalue weighted by atomic mass is 10.0. The third-order valence-corrected chi connectivity index (χ3v) is 3.95. The highest BCUT2D eigenvalue weighted by atomic mass is 19.1. The van der Waals surface area contributed by atoms with Crippen LogP contribution in [-0.2, 0) is 6.54 Å². The molecule has 0 radical (unpaired) electrons. The number of halogens is 2. The van der Waals surface area contributed by atoms with E-state index in [1.165, 1.54) is 12.1 Å². The van der Waals surface area contributed by atoms with E-state index >= 15 is 0 Å².